The molecule has 0 aliphatic heterocycles. The fraction of sp³-hybridized carbons (Fsp3) is 0.333. The highest BCUT2D eigenvalue weighted by Gasteiger charge is 2.11. The summed E-state index contributed by atoms with van der Waals surface area (Å²) in [4.78, 5) is 14.0. The van der Waals surface area contributed by atoms with Gasteiger partial charge in [-0.25, -0.2) is 0 Å². The number of nitrogens with zero attached hydrogens (tertiary/aromatic N) is 2. The summed E-state index contributed by atoms with van der Waals surface area (Å²) in [6, 6.07) is 9.74. The van der Waals surface area contributed by atoms with Crippen molar-refractivity contribution >= 4 is 5.91 Å². The number of aromatic nitrogens is 2. The minimum Gasteiger partial charge on any atom is -0.339 e. The zero-order valence-corrected chi connectivity index (χ0v) is 11.4. The minimum atomic E-state index is 0.0955. The van der Waals surface area contributed by atoms with E-state index in [0.717, 1.165) is 30.8 Å². The lowest BCUT2D eigenvalue weighted by molar-refractivity contribution is 0.0773. The van der Waals surface area contributed by atoms with Gasteiger partial charge in [-0.2, -0.15) is 5.10 Å². The average Bonchev–Trinajstić information content (AvgIpc) is 2.94. The largest absolute Gasteiger partial charge is 0.339 e. The fourth-order valence-electron chi connectivity index (χ4n) is 2.06. The number of carbonyl (C=O) groups excluding carboxylic acids is 1. The van der Waals surface area contributed by atoms with Crippen molar-refractivity contribution < 1.29 is 4.79 Å². The summed E-state index contributed by atoms with van der Waals surface area (Å²) in [5.41, 5.74) is 2.99. The third-order valence-corrected chi connectivity index (χ3v) is 3.20. The van der Waals surface area contributed by atoms with Gasteiger partial charge in [0.05, 0.1) is 0 Å². The summed E-state index contributed by atoms with van der Waals surface area (Å²) in [7, 11) is 0. The molecule has 0 atom stereocenters. The van der Waals surface area contributed by atoms with Crippen LogP contribution in [0.2, 0.25) is 0 Å². The van der Waals surface area contributed by atoms with Crippen molar-refractivity contribution in [1.82, 2.24) is 15.1 Å². The normalized spacial score (nSPS) is 10.4. The molecule has 4 heteroatoms. The second-order valence-corrected chi connectivity index (χ2v) is 4.43. The fourth-order valence-corrected chi connectivity index (χ4v) is 2.06. The van der Waals surface area contributed by atoms with Crippen LogP contribution in [0, 0.1) is 0 Å². The summed E-state index contributed by atoms with van der Waals surface area (Å²) in [5, 5.41) is 6.86. The second-order valence-electron chi connectivity index (χ2n) is 4.43. The summed E-state index contributed by atoms with van der Waals surface area (Å²) in [6.07, 6.45) is 2.55. The van der Waals surface area contributed by atoms with Gasteiger partial charge in [-0.1, -0.05) is 12.1 Å². The smallest absolute Gasteiger partial charge is 0.253 e. The van der Waals surface area contributed by atoms with Crippen LogP contribution in [0.1, 0.15) is 35.5 Å². The van der Waals surface area contributed by atoms with Crippen molar-refractivity contribution in [3.63, 3.8) is 0 Å². The van der Waals surface area contributed by atoms with Gasteiger partial charge < -0.3 is 4.90 Å². The zero-order chi connectivity index (χ0) is 13.7. The number of rotatable bonds is 5. The molecule has 1 amide bonds. The molecule has 0 fully saturated rings. The van der Waals surface area contributed by atoms with Gasteiger partial charge >= 0.3 is 0 Å². The van der Waals surface area contributed by atoms with Crippen LogP contribution in [0.4, 0.5) is 0 Å². The molecule has 0 spiro atoms. The molecule has 0 radical (unpaired) electrons. The van der Waals surface area contributed by atoms with E-state index in [0.29, 0.717) is 0 Å². The van der Waals surface area contributed by atoms with E-state index in [4.69, 9.17) is 0 Å². The number of hydrogen-bond acceptors (Lipinski definition) is 2. The van der Waals surface area contributed by atoms with Crippen LogP contribution in [0.25, 0.3) is 0 Å². The van der Waals surface area contributed by atoms with E-state index in [-0.39, 0.29) is 5.91 Å². The number of nitrogens with one attached hydrogen (secondary N) is 1. The van der Waals surface area contributed by atoms with E-state index in [9.17, 15) is 4.79 Å². The van der Waals surface area contributed by atoms with Gasteiger partial charge in [0.2, 0.25) is 0 Å². The lowest BCUT2D eigenvalue weighted by Gasteiger charge is -2.18. The van der Waals surface area contributed by atoms with Crippen LogP contribution in [-0.2, 0) is 6.42 Å². The summed E-state index contributed by atoms with van der Waals surface area (Å²) in [6.45, 7) is 5.47. The molecule has 2 rings (SSSR count). The van der Waals surface area contributed by atoms with Crippen molar-refractivity contribution in [3.8, 4) is 0 Å². The van der Waals surface area contributed by atoms with Crippen molar-refractivity contribution in [3.05, 3.63) is 53.3 Å². The molecular formula is C15H19N3O. The predicted molar refractivity (Wildman–Crippen MR) is 75.1 cm³/mol. The van der Waals surface area contributed by atoms with Crippen LogP contribution in [-0.4, -0.2) is 34.1 Å². The molecule has 0 bridgehead atoms. The Labute approximate surface area is 113 Å². The maximum Gasteiger partial charge on any atom is 0.253 e. The van der Waals surface area contributed by atoms with Gasteiger partial charge in [-0.05, 0) is 37.6 Å². The van der Waals surface area contributed by atoms with Gasteiger partial charge in [-0.3, -0.25) is 9.89 Å². The molecule has 2 aromatic rings. The standard InChI is InChI=1S/C15H19N3O/c1-3-18(4-2)15(19)13-7-5-12(6-8-13)11-14-9-10-16-17-14/h5-10H,3-4,11H2,1-2H3,(H,16,17). The molecule has 0 aliphatic carbocycles. The SMILES string of the molecule is CCN(CC)C(=O)c1ccc(Cc2ccn[nH]2)cc1. The number of benzene rings is 1. The van der Waals surface area contributed by atoms with E-state index >= 15 is 0 Å². The number of aromatic amines is 1. The highest BCUT2D eigenvalue weighted by molar-refractivity contribution is 5.94. The first-order valence-electron chi connectivity index (χ1n) is 6.61. The van der Waals surface area contributed by atoms with Gasteiger partial charge in [0, 0.05) is 37.0 Å². The average molecular weight is 257 g/mol. The van der Waals surface area contributed by atoms with Gasteiger partial charge in [0.1, 0.15) is 0 Å². The summed E-state index contributed by atoms with van der Waals surface area (Å²) in [5.74, 6) is 0.0955. The number of H-pyrrole nitrogens is 1. The zero-order valence-electron chi connectivity index (χ0n) is 11.4. The lowest BCUT2D eigenvalue weighted by atomic mass is 10.1. The molecule has 100 valence electrons. The first-order valence-corrected chi connectivity index (χ1v) is 6.61. The summed E-state index contributed by atoms with van der Waals surface area (Å²) >= 11 is 0. The van der Waals surface area contributed by atoms with Crippen LogP contribution in [0.3, 0.4) is 0 Å². The lowest BCUT2D eigenvalue weighted by Crippen LogP contribution is -2.30. The number of hydrogen-bond donors (Lipinski definition) is 1. The first kappa shape index (κ1) is 13.3. The van der Waals surface area contributed by atoms with Gasteiger partial charge in [0.15, 0.2) is 0 Å². The van der Waals surface area contributed by atoms with E-state index in [1.54, 1.807) is 6.20 Å². The third kappa shape index (κ3) is 3.22. The van der Waals surface area contributed by atoms with Gasteiger partial charge in [0.25, 0.3) is 5.91 Å². The Morgan fingerprint density at radius 2 is 1.84 bits per heavy atom. The minimum absolute atomic E-state index is 0.0955. The van der Waals surface area contributed by atoms with Crippen molar-refractivity contribution in [1.29, 1.82) is 0 Å². The second kappa shape index (κ2) is 6.18. The molecule has 1 N–H and O–H groups in total. The van der Waals surface area contributed by atoms with Crippen LogP contribution >= 0.6 is 0 Å². The number of carbonyl (C=O) groups is 1. The highest BCUT2D eigenvalue weighted by atomic mass is 16.2. The van der Waals surface area contributed by atoms with E-state index < -0.39 is 0 Å². The quantitative estimate of drug-likeness (QED) is 0.894. The summed E-state index contributed by atoms with van der Waals surface area (Å²) < 4.78 is 0. The Bertz CT molecular complexity index is 513. The van der Waals surface area contributed by atoms with Crippen molar-refractivity contribution in [2.24, 2.45) is 0 Å². The molecule has 0 saturated heterocycles. The van der Waals surface area contributed by atoms with E-state index in [1.165, 1.54) is 5.56 Å². The Hall–Kier alpha value is -2.10. The topological polar surface area (TPSA) is 49.0 Å². The first-order chi connectivity index (χ1) is 9.24. The van der Waals surface area contributed by atoms with Crippen molar-refractivity contribution in [2.45, 2.75) is 20.3 Å². The van der Waals surface area contributed by atoms with Crippen LogP contribution in [0.5, 0.6) is 0 Å². The maximum absolute atomic E-state index is 12.1. The van der Waals surface area contributed by atoms with E-state index in [1.807, 2.05) is 49.1 Å². The maximum atomic E-state index is 12.1. The van der Waals surface area contributed by atoms with Crippen molar-refractivity contribution in [2.75, 3.05) is 13.1 Å². The molecule has 1 heterocycles. The van der Waals surface area contributed by atoms with E-state index in [2.05, 4.69) is 10.2 Å². The molecule has 19 heavy (non-hydrogen) atoms. The molecule has 0 aliphatic rings. The Morgan fingerprint density at radius 1 is 1.16 bits per heavy atom. The third-order valence-electron chi connectivity index (χ3n) is 3.20. The molecular weight excluding hydrogens is 238 g/mol. The van der Waals surface area contributed by atoms with Crippen LogP contribution in [0.15, 0.2) is 36.5 Å². The van der Waals surface area contributed by atoms with Crippen LogP contribution < -0.4 is 0 Å². The molecule has 0 unspecified atom stereocenters. The Kier molecular flexibility index (Phi) is 4.34. The monoisotopic (exact) mass is 257 g/mol. The Balaban J connectivity index is 2.07. The molecule has 1 aromatic heterocycles. The highest BCUT2D eigenvalue weighted by Crippen LogP contribution is 2.11. The molecule has 4 nitrogen and oxygen atoms in total. The molecule has 1 aromatic carbocycles. The number of amides is 1. The molecule has 0 saturated carbocycles. The Morgan fingerprint density at radius 3 is 2.37 bits per heavy atom. The van der Waals surface area contributed by atoms with Gasteiger partial charge in [-0.15, -0.1) is 0 Å². The predicted octanol–water partition coefficient (Wildman–Crippen LogP) is 2.48.